The van der Waals surface area contributed by atoms with Crippen LogP contribution in [0, 0.1) is 5.82 Å². The molecule has 2 aromatic heterocycles. The van der Waals surface area contributed by atoms with Gasteiger partial charge in [-0.25, -0.2) is 12.8 Å². The highest BCUT2D eigenvalue weighted by Crippen LogP contribution is 2.25. The monoisotopic (exact) mass is 363 g/mol. The van der Waals surface area contributed by atoms with Crippen molar-refractivity contribution in [2.45, 2.75) is 11.0 Å². The third kappa shape index (κ3) is 2.80. The number of carbonyl (C=O) groups excluding carboxylic acids is 1. The number of hydrogen-bond acceptors (Lipinski definition) is 5. The molecule has 1 N–H and O–H groups in total. The van der Waals surface area contributed by atoms with Gasteiger partial charge >= 0.3 is 0 Å². The highest BCUT2D eigenvalue weighted by atomic mass is 32.2. The van der Waals surface area contributed by atoms with Crippen molar-refractivity contribution in [1.29, 1.82) is 0 Å². The third-order valence-electron chi connectivity index (χ3n) is 4.29. The molecule has 0 unspecified atom stereocenters. The van der Waals surface area contributed by atoms with E-state index in [0.29, 0.717) is 16.7 Å². The van der Waals surface area contributed by atoms with Gasteiger partial charge < -0.3 is 9.32 Å². The maximum atomic E-state index is 13.2. The molecule has 130 valence electrons. The highest BCUT2D eigenvalue weighted by Gasteiger charge is 2.41. The lowest BCUT2D eigenvalue weighted by Gasteiger charge is -2.38. The summed E-state index contributed by atoms with van der Waals surface area (Å²) in [5.74, 6) is -0.604. The van der Waals surface area contributed by atoms with E-state index >= 15 is 0 Å². The normalized spacial score (nSPS) is 15.5. The van der Waals surface area contributed by atoms with Gasteiger partial charge in [0.15, 0.2) is 15.5 Å². The summed E-state index contributed by atoms with van der Waals surface area (Å²) in [5.41, 5.74) is 0.586. The molecule has 0 aliphatic carbocycles. The molecule has 0 spiro atoms. The molecule has 0 saturated carbocycles. The number of fused-ring (bicyclic) bond motifs is 1. The van der Waals surface area contributed by atoms with Crippen molar-refractivity contribution >= 4 is 26.6 Å². The van der Waals surface area contributed by atoms with Crippen LogP contribution < -0.4 is 0 Å². The van der Waals surface area contributed by atoms with Crippen LogP contribution >= 0.6 is 0 Å². The molecule has 25 heavy (non-hydrogen) atoms. The summed E-state index contributed by atoms with van der Waals surface area (Å²) in [5, 5.41) is 6.44. The first-order valence-electron chi connectivity index (χ1n) is 7.61. The predicted octanol–water partition coefficient (Wildman–Crippen LogP) is 1.73. The Labute approximate surface area is 142 Å². The number of amides is 1. The van der Waals surface area contributed by atoms with Gasteiger partial charge in [-0.2, -0.15) is 5.10 Å². The summed E-state index contributed by atoms with van der Waals surface area (Å²) in [6, 6.07) is 7.22. The van der Waals surface area contributed by atoms with Gasteiger partial charge in [0.25, 0.3) is 5.91 Å². The zero-order chi connectivity index (χ0) is 17.6. The van der Waals surface area contributed by atoms with Crippen LogP contribution in [0.5, 0.6) is 0 Å². The van der Waals surface area contributed by atoms with Crippen molar-refractivity contribution in [3.8, 4) is 0 Å². The molecule has 1 aromatic carbocycles. The lowest BCUT2D eigenvalue weighted by molar-refractivity contribution is 0.0654. The summed E-state index contributed by atoms with van der Waals surface area (Å²) in [6.07, 6.45) is 1.42. The molecule has 1 fully saturated rings. The van der Waals surface area contributed by atoms with Crippen LogP contribution in [-0.4, -0.2) is 47.8 Å². The van der Waals surface area contributed by atoms with Gasteiger partial charge in [0.1, 0.15) is 17.3 Å². The SMILES string of the molecule is O=C(c1n[nH]c2cc(F)ccc12)N1CC(S(=O)(=O)Cc2ccco2)C1. The smallest absolute Gasteiger partial charge is 0.275 e. The number of rotatable bonds is 4. The van der Waals surface area contributed by atoms with Crippen LogP contribution in [0.15, 0.2) is 41.0 Å². The summed E-state index contributed by atoms with van der Waals surface area (Å²) < 4.78 is 42.9. The standard InChI is InChI=1S/C16H14FN3O4S/c17-10-3-4-13-14(6-10)18-19-15(13)16(21)20-7-12(8-20)25(22,23)9-11-2-1-5-24-11/h1-6,12H,7-9H2,(H,18,19). The van der Waals surface area contributed by atoms with Gasteiger partial charge in [-0.3, -0.25) is 9.89 Å². The van der Waals surface area contributed by atoms with Crippen molar-refractivity contribution in [2.75, 3.05) is 13.1 Å². The molecular formula is C16H14FN3O4S. The van der Waals surface area contributed by atoms with Crippen molar-refractivity contribution in [3.05, 3.63) is 53.9 Å². The Hall–Kier alpha value is -2.68. The average molecular weight is 363 g/mol. The Kier molecular flexibility index (Phi) is 3.60. The lowest BCUT2D eigenvalue weighted by Crippen LogP contribution is -2.57. The maximum absolute atomic E-state index is 13.2. The Bertz CT molecular complexity index is 1040. The molecular weight excluding hydrogens is 349 g/mol. The Morgan fingerprint density at radius 3 is 2.88 bits per heavy atom. The van der Waals surface area contributed by atoms with Gasteiger partial charge in [0, 0.05) is 18.5 Å². The fraction of sp³-hybridized carbons (Fsp3) is 0.250. The van der Waals surface area contributed by atoms with E-state index < -0.39 is 20.9 Å². The van der Waals surface area contributed by atoms with Gasteiger partial charge in [-0.1, -0.05) is 0 Å². The molecule has 1 aliphatic heterocycles. The number of likely N-dealkylation sites (tertiary alicyclic amines) is 1. The van der Waals surface area contributed by atoms with Gasteiger partial charge in [0.05, 0.1) is 17.0 Å². The fourth-order valence-corrected chi connectivity index (χ4v) is 4.46. The van der Waals surface area contributed by atoms with E-state index in [0.717, 1.165) is 0 Å². The minimum Gasteiger partial charge on any atom is -0.468 e. The van der Waals surface area contributed by atoms with E-state index in [1.54, 1.807) is 12.1 Å². The summed E-state index contributed by atoms with van der Waals surface area (Å²) in [4.78, 5) is 13.9. The third-order valence-corrected chi connectivity index (χ3v) is 6.29. The Morgan fingerprint density at radius 1 is 1.36 bits per heavy atom. The molecule has 3 heterocycles. The van der Waals surface area contributed by atoms with Crippen LogP contribution in [0.2, 0.25) is 0 Å². The molecule has 7 nitrogen and oxygen atoms in total. The number of aromatic amines is 1. The second-order valence-corrected chi connectivity index (χ2v) is 8.26. The van der Waals surface area contributed by atoms with Crippen LogP contribution in [0.25, 0.3) is 10.9 Å². The lowest BCUT2D eigenvalue weighted by atomic mass is 10.1. The first-order chi connectivity index (χ1) is 11.9. The second-order valence-electron chi connectivity index (χ2n) is 5.98. The van der Waals surface area contributed by atoms with Crippen LogP contribution in [-0.2, 0) is 15.6 Å². The topological polar surface area (TPSA) is 96.3 Å². The molecule has 0 radical (unpaired) electrons. The van der Waals surface area contributed by atoms with E-state index in [4.69, 9.17) is 4.42 Å². The van der Waals surface area contributed by atoms with E-state index in [1.807, 2.05) is 0 Å². The summed E-state index contributed by atoms with van der Waals surface area (Å²) in [6.45, 7) is 0.217. The molecule has 0 atom stereocenters. The number of nitrogens with zero attached hydrogens (tertiary/aromatic N) is 2. The molecule has 1 saturated heterocycles. The summed E-state index contributed by atoms with van der Waals surface area (Å²) >= 11 is 0. The van der Waals surface area contributed by atoms with Crippen molar-refractivity contribution in [3.63, 3.8) is 0 Å². The number of H-pyrrole nitrogens is 1. The first kappa shape index (κ1) is 15.8. The number of carbonyl (C=O) groups is 1. The van der Waals surface area contributed by atoms with Gasteiger partial charge in [-0.05, 0) is 30.3 Å². The van der Waals surface area contributed by atoms with Crippen molar-refractivity contribution < 1.29 is 22.0 Å². The Morgan fingerprint density at radius 2 is 2.16 bits per heavy atom. The number of nitrogens with one attached hydrogen (secondary N) is 1. The maximum Gasteiger partial charge on any atom is 0.275 e. The number of aromatic nitrogens is 2. The van der Waals surface area contributed by atoms with Crippen LogP contribution in [0.4, 0.5) is 4.39 Å². The van der Waals surface area contributed by atoms with Crippen molar-refractivity contribution in [2.24, 2.45) is 0 Å². The average Bonchev–Trinajstić information content (AvgIpc) is 3.13. The molecule has 1 aliphatic rings. The van der Waals surface area contributed by atoms with E-state index in [-0.39, 0.29) is 30.4 Å². The fourth-order valence-electron chi connectivity index (χ4n) is 2.85. The molecule has 4 rings (SSSR count). The number of hydrogen-bond donors (Lipinski definition) is 1. The quantitative estimate of drug-likeness (QED) is 0.762. The largest absolute Gasteiger partial charge is 0.468 e. The number of furan rings is 1. The highest BCUT2D eigenvalue weighted by molar-refractivity contribution is 7.91. The second kappa shape index (κ2) is 5.69. The minimum atomic E-state index is -3.40. The summed E-state index contributed by atoms with van der Waals surface area (Å²) in [7, 11) is -3.40. The minimum absolute atomic E-state index is 0.109. The molecule has 1 amide bonds. The predicted molar refractivity (Wildman–Crippen MR) is 87.1 cm³/mol. The first-order valence-corrected chi connectivity index (χ1v) is 9.32. The van der Waals surface area contributed by atoms with E-state index in [2.05, 4.69) is 10.2 Å². The van der Waals surface area contributed by atoms with E-state index in [9.17, 15) is 17.6 Å². The molecule has 3 aromatic rings. The Balaban J connectivity index is 1.47. The molecule has 0 bridgehead atoms. The zero-order valence-corrected chi connectivity index (χ0v) is 13.8. The van der Waals surface area contributed by atoms with Gasteiger partial charge in [-0.15, -0.1) is 0 Å². The zero-order valence-electron chi connectivity index (χ0n) is 13.0. The van der Waals surface area contributed by atoms with Crippen LogP contribution in [0.3, 0.4) is 0 Å². The molecule has 9 heteroatoms. The number of sulfone groups is 1. The van der Waals surface area contributed by atoms with Gasteiger partial charge in [0.2, 0.25) is 0 Å². The number of benzene rings is 1. The van der Waals surface area contributed by atoms with E-state index in [1.165, 1.54) is 29.4 Å². The number of halogens is 1. The van der Waals surface area contributed by atoms with Crippen LogP contribution in [0.1, 0.15) is 16.2 Å². The van der Waals surface area contributed by atoms with Crippen molar-refractivity contribution in [1.82, 2.24) is 15.1 Å².